The highest BCUT2D eigenvalue weighted by atomic mass is 127. The van der Waals surface area contributed by atoms with Gasteiger partial charge >= 0.3 is 0 Å². The fourth-order valence-electron chi connectivity index (χ4n) is 5.15. The third-order valence-corrected chi connectivity index (χ3v) is 6.26. The Kier molecular flexibility index (Phi) is 6.51. The highest BCUT2D eigenvalue weighted by Crippen LogP contribution is 2.51. The van der Waals surface area contributed by atoms with Gasteiger partial charge in [0.2, 0.25) is 0 Å². The van der Waals surface area contributed by atoms with Gasteiger partial charge in [-0.2, -0.15) is 0 Å². The first-order valence-electron chi connectivity index (χ1n) is 10.1. The van der Waals surface area contributed by atoms with Crippen molar-refractivity contribution in [3.05, 3.63) is 107 Å². The molecule has 0 saturated carbocycles. The van der Waals surface area contributed by atoms with E-state index in [0.717, 1.165) is 28.5 Å². The van der Waals surface area contributed by atoms with Crippen LogP contribution in [0, 0.1) is 5.92 Å². The summed E-state index contributed by atoms with van der Waals surface area (Å²) in [5.41, 5.74) is 3.59. The number of nitrogens with zero attached hydrogens (tertiary/aromatic N) is 1. The van der Waals surface area contributed by atoms with E-state index in [2.05, 4.69) is 87.9 Å². The van der Waals surface area contributed by atoms with Crippen LogP contribution in [0.4, 0.5) is 0 Å². The second-order valence-corrected chi connectivity index (χ2v) is 8.91. The van der Waals surface area contributed by atoms with Crippen molar-refractivity contribution in [3.8, 4) is 0 Å². The fraction of sp³-hybridized carbons (Fsp3) is 0.308. The average molecular weight is 499 g/mol. The second kappa shape index (κ2) is 8.58. The van der Waals surface area contributed by atoms with Gasteiger partial charge in [-0.05, 0) is 29.5 Å². The van der Waals surface area contributed by atoms with Crippen LogP contribution in [0.2, 0.25) is 0 Å². The predicted molar refractivity (Wildman–Crippen MR) is 115 cm³/mol. The Labute approximate surface area is 191 Å². The van der Waals surface area contributed by atoms with Crippen LogP contribution < -0.4 is 24.0 Å². The molecule has 3 atom stereocenters. The number of rotatable bonds is 4. The molecule has 29 heavy (non-hydrogen) atoms. The number of halogens is 1. The van der Waals surface area contributed by atoms with E-state index in [1.165, 1.54) is 11.1 Å². The molecular weight excluding hydrogens is 469 g/mol. The monoisotopic (exact) mass is 499 g/mol. The number of hydrogen-bond donors (Lipinski definition) is 1. The van der Waals surface area contributed by atoms with Gasteiger partial charge in [0.15, 0.2) is 0 Å². The summed E-state index contributed by atoms with van der Waals surface area (Å²) in [6, 6.07) is 29.5. The van der Waals surface area contributed by atoms with E-state index < -0.39 is 5.60 Å². The van der Waals surface area contributed by atoms with Crippen LogP contribution in [0.3, 0.4) is 0 Å². The minimum absolute atomic E-state index is 0. The third kappa shape index (κ3) is 4.00. The number of benzene rings is 3. The van der Waals surface area contributed by atoms with Crippen LogP contribution in [0.25, 0.3) is 0 Å². The van der Waals surface area contributed by atoms with Crippen molar-refractivity contribution in [2.45, 2.75) is 24.5 Å². The Hall–Kier alpha value is -1.69. The smallest absolute Gasteiger partial charge is 0.124 e. The lowest BCUT2D eigenvalue weighted by Gasteiger charge is -2.49. The summed E-state index contributed by atoms with van der Waals surface area (Å²) in [5.74, 6) is 0.0761. The molecule has 0 heterocycles. The van der Waals surface area contributed by atoms with Gasteiger partial charge in [0.25, 0.3) is 0 Å². The number of aryl methyl sites for hydroxylation is 1. The first-order chi connectivity index (χ1) is 13.4. The molecule has 4 rings (SSSR count). The summed E-state index contributed by atoms with van der Waals surface area (Å²) in [7, 11) is 6.72. The second-order valence-electron chi connectivity index (χ2n) is 8.91. The third-order valence-electron chi connectivity index (χ3n) is 6.26. The summed E-state index contributed by atoms with van der Waals surface area (Å²) in [4.78, 5) is 0. The molecule has 0 fully saturated rings. The SMILES string of the molecule is C[N+](C)(C)[C@@H](c1ccccc1)[C@@H]1CCc2ccccc2[C@]1(O)c1ccccc1.[I-]. The van der Waals surface area contributed by atoms with Gasteiger partial charge in [-0.1, -0.05) is 84.9 Å². The lowest BCUT2D eigenvalue weighted by molar-refractivity contribution is -0.908. The van der Waals surface area contributed by atoms with E-state index in [0.29, 0.717) is 0 Å². The van der Waals surface area contributed by atoms with Crippen molar-refractivity contribution in [1.82, 2.24) is 0 Å². The average Bonchev–Trinajstić information content (AvgIpc) is 2.71. The molecule has 2 nitrogen and oxygen atoms in total. The molecule has 0 spiro atoms. The number of quaternary nitrogens is 1. The molecule has 0 unspecified atom stereocenters. The van der Waals surface area contributed by atoms with E-state index in [9.17, 15) is 5.11 Å². The molecule has 0 aromatic heterocycles. The zero-order chi connectivity index (χ0) is 19.8. The number of fused-ring (bicyclic) bond motifs is 1. The lowest BCUT2D eigenvalue weighted by Crippen LogP contribution is -3.00. The Bertz CT molecular complexity index is 936. The number of aliphatic hydroxyl groups is 1. The van der Waals surface area contributed by atoms with Gasteiger partial charge in [-0.15, -0.1) is 0 Å². The van der Waals surface area contributed by atoms with E-state index in [1.807, 2.05) is 18.2 Å². The minimum atomic E-state index is -1.01. The Morgan fingerprint density at radius 1 is 0.828 bits per heavy atom. The topological polar surface area (TPSA) is 20.2 Å². The zero-order valence-electron chi connectivity index (χ0n) is 17.4. The van der Waals surface area contributed by atoms with Crippen LogP contribution in [-0.4, -0.2) is 30.7 Å². The van der Waals surface area contributed by atoms with E-state index in [4.69, 9.17) is 0 Å². The van der Waals surface area contributed by atoms with Crippen LogP contribution >= 0.6 is 0 Å². The summed E-state index contributed by atoms with van der Waals surface area (Å²) in [6.45, 7) is 0. The van der Waals surface area contributed by atoms with E-state index in [1.54, 1.807) is 0 Å². The van der Waals surface area contributed by atoms with Gasteiger partial charge in [0, 0.05) is 5.56 Å². The molecule has 1 aliphatic rings. The molecule has 1 aliphatic carbocycles. The fourth-order valence-corrected chi connectivity index (χ4v) is 5.15. The lowest BCUT2D eigenvalue weighted by atomic mass is 9.64. The standard InChI is InChI=1S/C26H30NO.HI/c1-27(2,3)25(21-13-6-4-7-14-21)24-19-18-20-12-10-11-17-23(20)26(24,28)22-15-8-5-9-16-22;/h4-17,24-25,28H,18-19H2,1-3H3;1H/q+1;/p-1/t24-,25-,26+;/m0./s1. The molecule has 0 aliphatic heterocycles. The van der Waals surface area contributed by atoms with E-state index >= 15 is 0 Å². The Morgan fingerprint density at radius 2 is 1.38 bits per heavy atom. The van der Waals surface area contributed by atoms with Crippen molar-refractivity contribution < 1.29 is 33.6 Å². The van der Waals surface area contributed by atoms with Gasteiger partial charge in [-0.3, -0.25) is 0 Å². The molecule has 3 aromatic carbocycles. The summed E-state index contributed by atoms with van der Waals surface area (Å²) in [5, 5.41) is 12.4. The largest absolute Gasteiger partial charge is 1.00 e. The van der Waals surface area contributed by atoms with Crippen molar-refractivity contribution in [2.75, 3.05) is 21.1 Å². The van der Waals surface area contributed by atoms with E-state index in [-0.39, 0.29) is 35.9 Å². The maximum atomic E-state index is 12.4. The summed E-state index contributed by atoms with van der Waals surface area (Å²) >= 11 is 0. The minimum Gasteiger partial charge on any atom is -1.00 e. The summed E-state index contributed by atoms with van der Waals surface area (Å²) < 4.78 is 0.770. The molecule has 0 amide bonds. The molecule has 1 N–H and O–H groups in total. The molecule has 152 valence electrons. The first kappa shape index (κ1) is 22.0. The first-order valence-corrected chi connectivity index (χ1v) is 10.1. The molecule has 3 aromatic rings. The van der Waals surface area contributed by atoms with Gasteiger partial charge < -0.3 is 33.6 Å². The van der Waals surface area contributed by atoms with Crippen molar-refractivity contribution in [3.63, 3.8) is 0 Å². The molecule has 3 heteroatoms. The predicted octanol–water partition coefficient (Wildman–Crippen LogP) is 1.94. The Balaban J connectivity index is 0.00000240. The normalized spacial score (nSPS) is 22.3. The molecule has 0 saturated heterocycles. The highest BCUT2D eigenvalue weighted by Gasteiger charge is 2.51. The van der Waals surface area contributed by atoms with Gasteiger partial charge in [0.1, 0.15) is 11.6 Å². The summed E-state index contributed by atoms with van der Waals surface area (Å²) in [6.07, 6.45) is 1.96. The highest BCUT2D eigenvalue weighted by molar-refractivity contribution is 5.45. The molecule has 0 radical (unpaired) electrons. The van der Waals surface area contributed by atoms with Crippen LogP contribution in [-0.2, 0) is 12.0 Å². The van der Waals surface area contributed by atoms with Crippen molar-refractivity contribution in [1.29, 1.82) is 0 Å². The Morgan fingerprint density at radius 3 is 2.00 bits per heavy atom. The maximum absolute atomic E-state index is 12.4. The number of hydrogen-bond acceptors (Lipinski definition) is 1. The quantitative estimate of drug-likeness (QED) is 0.430. The van der Waals surface area contributed by atoms with Gasteiger partial charge in [-0.25, -0.2) is 0 Å². The molecular formula is C26H30INO. The van der Waals surface area contributed by atoms with Crippen LogP contribution in [0.1, 0.15) is 34.7 Å². The van der Waals surface area contributed by atoms with Crippen LogP contribution in [0.15, 0.2) is 84.9 Å². The van der Waals surface area contributed by atoms with Crippen molar-refractivity contribution >= 4 is 0 Å². The molecule has 0 bridgehead atoms. The maximum Gasteiger partial charge on any atom is 0.124 e. The van der Waals surface area contributed by atoms with Gasteiger partial charge in [0.05, 0.1) is 27.1 Å². The zero-order valence-corrected chi connectivity index (χ0v) is 19.6. The van der Waals surface area contributed by atoms with Crippen LogP contribution in [0.5, 0.6) is 0 Å². The van der Waals surface area contributed by atoms with Crippen molar-refractivity contribution in [2.24, 2.45) is 5.92 Å².